The summed E-state index contributed by atoms with van der Waals surface area (Å²) < 4.78 is 6.31. The van der Waals surface area contributed by atoms with Gasteiger partial charge in [0.15, 0.2) is 5.75 Å². The highest BCUT2D eigenvalue weighted by molar-refractivity contribution is 9.10. The quantitative estimate of drug-likeness (QED) is 0.638. The summed E-state index contributed by atoms with van der Waals surface area (Å²) in [5, 5.41) is 0. The van der Waals surface area contributed by atoms with Gasteiger partial charge >= 0.3 is 6.01 Å². The van der Waals surface area contributed by atoms with E-state index in [1.807, 2.05) is 0 Å². The van der Waals surface area contributed by atoms with E-state index in [1.165, 1.54) is 0 Å². The first-order valence-corrected chi connectivity index (χ1v) is 6.06. The van der Waals surface area contributed by atoms with Crippen molar-refractivity contribution in [1.82, 2.24) is 19.9 Å². The molecule has 2 aromatic rings. The predicted molar refractivity (Wildman–Crippen MR) is 74.0 cm³/mol. The van der Waals surface area contributed by atoms with Gasteiger partial charge in [0.05, 0.1) is 6.20 Å². The van der Waals surface area contributed by atoms with Gasteiger partial charge in [0, 0.05) is 24.8 Å². The Hall–Kier alpha value is -2.00. The standard InChI is InChI=1S/C10H12BrN7O/c1-18(2)9-14-8(17-12)15-10(16-9)19-7-3-6(11)4-13-5-7/h3-5H,12H2,1-2H3,(H,14,15,16,17). The van der Waals surface area contributed by atoms with Crippen molar-refractivity contribution >= 4 is 27.8 Å². The van der Waals surface area contributed by atoms with E-state index in [1.54, 1.807) is 37.5 Å². The summed E-state index contributed by atoms with van der Waals surface area (Å²) in [6.45, 7) is 0. The molecule has 9 heteroatoms. The molecule has 3 N–H and O–H groups in total. The predicted octanol–water partition coefficient (Wildman–Crippen LogP) is 1.17. The molecule has 0 aliphatic carbocycles. The van der Waals surface area contributed by atoms with Gasteiger partial charge in [-0.3, -0.25) is 10.4 Å². The molecule has 0 radical (unpaired) electrons. The van der Waals surface area contributed by atoms with Crippen molar-refractivity contribution in [2.24, 2.45) is 5.84 Å². The van der Waals surface area contributed by atoms with Crippen LogP contribution in [-0.2, 0) is 0 Å². The number of aromatic nitrogens is 4. The van der Waals surface area contributed by atoms with Crippen LogP contribution in [0.2, 0.25) is 0 Å². The molecule has 2 heterocycles. The largest absolute Gasteiger partial charge is 0.422 e. The molecule has 8 nitrogen and oxygen atoms in total. The number of rotatable bonds is 4. The van der Waals surface area contributed by atoms with Crippen molar-refractivity contribution in [2.45, 2.75) is 0 Å². The lowest BCUT2D eigenvalue weighted by molar-refractivity contribution is 0.438. The molecular formula is C10H12BrN7O. The molecule has 0 saturated carbocycles. The third-order valence-corrected chi connectivity index (χ3v) is 2.45. The molecule has 100 valence electrons. The third kappa shape index (κ3) is 3.48. The van der Waals surface area contributed by atoms with E-state index in [0.29, 0.717) is 11.7 Å². The molecule has 0 aromatic carbocycles. The van der Waals surface area contributed by atoms with Gasteiger partial charge in [-0.05, 0) is 22.0 Å². The summed E-state index contributed by atoms with van der Waals surface area (Å²) in [6, 6.07) is 1.88. The van der Waals surface area contributed by atoms with E-state index in [2.05, 4.69) is 41.3 Å². The SMILES string of the molecule is CN(C)c1nc(NN)nc(Oc2cncc(Br)c2)n1. The monoisotopic (exact) mass is 325 g/mol. The number of nitrogens with zero attached hydrogens (tertiary/aromatic N) is 5. The van der Waals surface area contributed by atoms with Crippen LogP contribution in [0.1, 0.15) is 0 Å². The third-order valence-electron chi connectivity index (χ3n) is 2.02. The first kappa shape index (κ1) is 13.4. The fourth-order valence-corrected chi connectivity index (χ4v) is 1.55. The first-order valence-electron chi connectivity index (χ1n) is 5.27. The normalized spacial score (nSPS) is 10.1. The number of ether oxygens (including phenoxy) is 1. The van der Waals surface area contributed by atoms with Crippen LogP contribution in [0, 0.1) is 0 Å². The number of nitrogens with one attached hydrogen (secondary N) is 1. The maximum absolute atomic E-state index is 5.52. The van der Waals surface area contributed by atoms with Crippen molar-refractivity contribution in [2.75, 3.05) is 24.4 Å². The lowest BCUT2D eigenvalue weighted by Gasteiger charge is -2.12. The van der Waals surface area contributed by atoms with Gasteiger partial charge in [0.25, 0.3) is 0 Å². The van der Waals surface area contributed by atoms with Crippen molar-refractivity contribution in [3.05, 3.63) is 22.9 Å². The Bertz CT molecular complexity index is 578. The van der Waals surface area contributed by atoms with Crippen molar-refractivity contribution in [3.8, 4) is 11.8 Å². The smallest absolute Gasteiger partial charge is 0.328 e. The lowest BCUT2D eigenvalue weighted by atomic mass is 10.5. The van der Waals surface area contributed by atoms with Gasteiger partial charge in [-0.1, -0.05) is 0 Å². The molecule has 2 rings (SSSR count). The van der Waals surface area contributed by atoms with E-state index >= 15 is 0 Å². The fourth-order valence-electron chi connectivity index (χ4n) is 1.21. The Labute approximate surface area is 118 Å². The Balaban J connectivity index is 2.31. The minimum absolute atomic E-state index is 0.131. The van der Waals surface area contributed by atoms with Gasteiger partial charge in [0.2, 0.25) is 11.9 Å². The van der Waals surface area contributed by atoms with Gasteiger partial charge in [-0.15, -0.1) is 0 Å². The highest BCUT2D eigenvalue weighted by Crippen LogP contribution is 2.22. The number of nitrogens with two attached hydrogens (primary N) is 1. The van der Waals surface area contributed by atoms with E-state index in [4.69, 9.17) is 10.6 Å². The number of hydrogen-bond acceptors (Lipinski definition) is 8. The Morgan fingerprint density at radius 2 is 2.05 bits per heavy atom. The topological polar surface area (TPSA) is 102 Å². The minimum Gasteiger partial charge on any atom is -0.422 e. The maximum atomic E-state index is 5.52. The van der Waals surface area contributed by atoms with Crippen LogP contribution in [0.5, 0.6) is 11.8 Å². The van der Waals surface area contributed by atoms with Gasteiger partial charge in [-0.2, -0.15) is 15.0 Å². The van der Waals surface area contributed by atoms with Crippen LogP contribution in [-0.4, -0.2) is 34.0 Å². The maximum Gasteiger partial charge on any atom is 0.328 e. The fraction of sp³-hybridized carbons (Fsp3) is 0.200. The molecule has 19 heavy (non-hydrogen) atoms. The zero-order valence-electron chi connectivity index (χ0n) is 10.3. The van der Waals surface area contributed by atoms with E-state index in [0.717, 1.165) is 4.47 Å². The molecule has 0 fully saturated rings. The van der Waals surface area contributed by atoms with Crippen LogP contribution in [0.15, 0.2) is 22.9 Å². The lowest BCUT2D eigenvalue weighted by Crippen LogP contribution is -2.17. The summed E-state index contributed by atoms with van der Waals surface area (Å²) in [5.41, 5.74) is 2.37. The average molecular weight is 326 g/mol. The van der Waals surface area contributed by atoms with Gasteiger partial charge < -0.3 is 9.64 Å². The summed E-state index contributed by atoms with van der Waals surface area (Å²) in [7, 11) is 3.61. The molecule has 0 atom stereocenters. The Morgan fingerprint density at radius 3 is 2.68 bits per heavy atom. The Morgan fingerprint density at radius 1 is 1.26 bits per heavy atom. The first-order chi connectivity index (χ1) is 9.08. The second-order valence-corrected chi connectivity index (χ2v) is 4.64. The highest BCUT2D eigenvalue weighted by Gasteiger charge is 2.09. The molecule has 0 spiro atoms. The number of halogens is 1. The summed E-state index contributed by atoms with van der Waals surface area (Å²) in [4.78, 5) is 17.9. The van der Waals surface area contributed by atoms with E-state index < -0.39 is 0 Å². The summed E-state index contributed by atoms with van der Waals surface area (Å²) in [6.07, 6.45) is 3.21. The van der Waals surface area contributed by atoms with Crippen molar-refractivity contribution in [1.29, 1.82) is 0 Å². The molecule has 0 bridgehead atoms. The number of anilines is 2. The van der Waals surface area contributed by atoms with Gasteiger partial charge in [0.1, 0.15) is 0 Å². The Kier molecular flexibility index (Phi) is 4.07. The number of nitrogen functional groups attached to an aromatic ring is 1. The molecule has 0 amide bonds. The summed E-state index contributed by atoms with van der Waals surface area (Å²) >= 11 is 3.31. The average Bonchev–Trinajstić information content (AvgIpc) is 2.38. The molecular weight excluding hydrogens is 314 g/mol. The highest BCUT2D eigenvalue weighted by atomic mass is 79.9. The van der Waals surface area contributed by atoms with Crippen molar-refractivity contribution < 1.29 is 4.74 Å². The molecule has 0 unspecified atom stereocenters. The second kappa shape index (κ2) is 5.76. The zero-order chi connectivity index (χ0) is 13.8. The minimum atomic E-state index is 0.131. The zero-order valence-corrected chi connectivity index (χ0v) is 11.9. The van der Waals surface area contributed by atoms with Crippen LogP contribution in [0.3, 0.4) is 0 Å². The van der Waals surface area contributed by atoms with Crippen LogP contribution >= 0.6 is 15.9 Å². The molecule has 0 aliphatic rings. The van der Waals surface area contributed by atoms with Crippen LogP contribution in [0.25, 0.3) is 0 Å². The molecule has 2 aromatic heterocycles. The second-order valence-electron chi connectivity index (χ2n) is 3.72. The number of pyridine rings is 1. The number of hydrogen-bond donors (Lipinski definition) is 2. The molecule has 0 saturated heterocycles. The van der Waals surface area contributed by atoms with Crippen LogP contribution in [0.4, 0.5) is 11.9 Å². The van der Waals surface area contributed by atoms with E-state index in [9.17, 15) is 0 Å². The molecule has 0 aliphatic heterocycles. The van der Waals surface area contributed by atoms with Crippen molar-refractivity contribution in [3.63, 3.8) is 0 Å². The van der Waals surface area contributed by atoms with E-state index in [-0.39, 0.29) is 12.0 Å². The van der Waals surface area contributed by atoms with Gasteiger partial charge in [-0.25, -0.2) is 5.84 Å². The van der Waals surface area contributed by atoms with Crippen LogP contribution < -0.4 is 20.9 Å². The number of hydrazine groups is 1. The summed E-state index contributed by atoms with van der Waals surface area (Å²) in [5.74, 6) is 6.47.